The Hall–Kier alpha value is -2.19. The smallest absolute Gasteiger partial charge is 0.463 e. The molecule has 1 unspecified atom stereocenters. The Labute approximate surface area is 205 Å². The van der Waals surface area contributed by atoms with Crippen LogP contribution in [0, 0.1) is 0 Å². The molecule has 0 saturated heterocycles. The second-order valence-corrected chi connectivity index (χ2v) is 8.84. The zero-order valence-electron chi connectivity index (χ0n) is 20.5. The highest BCUT2D eigenvalue weighted by atomic mass is 19.4. The molecule has 0 bridgehead atoms. The molecule has 9 heteroatoms. The Morgan fingerprint density at radius 2 is 1.29 bits per heavy atom. The van der Waals surface area contributed by atoms with E-state index in [0.717, 1.165) is 25.7 Å². The van der Waals surface area contributed by atoms with Crippen LogP contribution in [0.25, 0.3) is 0 Å². The lowest BCUT2D eigenvalue weighted by atomic mass is 10.1. The van der Waals surface area contributed by atoms with E-state index in [-0.39, 0.29) is 13.0 Å². The van der Waals surface area contributed by atoms with Gasteiger partial charge in [0.25, 0.3) is 0 Å². The van der Waals surface area contributed by atoms with Crippen molar-refractivity contribution < 1.29 is 36.3 Å². The molecule has 1 aromatic rings. The van der Waals surface area contributed by atoms with Gasteiger partial charge in [0.15, 0.2) is 0 Å². The van der Waals surface area contributed by atoms with Crippen LogP contribution in [0.4, 0.5) is 22.0 Å². The number of carbonyl (C=O) groups is 2. The third-order valence-electron chi connectivity index (χ3n) is 5.76. The summed E-state index contributed by atoms with van der Waals surface area (Å²) < 4.78 is 69.4. The van der Waals surface area contributed by atoms with Gasteiger partial charge in [-0.25, -0.2) is 4.79 Å². The van der Waals surface area contributed by atoms with Gasteiger partial charge in [-0.15, -0.1) is 0 Å². The van der Waals surface area contributed by atoms with Crippen molar-refractivity contribution in [3.8, 4) is 0 Å². The van der Waals surface area contributed by atoms with Crippen LogP contribution in [-0.4, -0.2) is 36.6 Å². The lowest BCUT2D eigenvalue weighted by Gasteiger charge is -2.23. The molecule has 0 aliphatic carbocycles. The van der Waals surface area contributed by atoms with Crippen LogP contribution in [0.2, 0.25) is 0 Å². The lowest BCUT2D eigenvalue weighted by molar-refractivity contribution is -0.270. The summed E-state index contributed by atoms with van der Waals surface area (Å²) in [7, 11) is 0. The largest absolute Gasteiger partial charge is 0.464 e. The van der Waals surface area contributed by atoms with E-state index in [1.165, 1.54) is 50.3 Å². The SMILES string of the molecule is CCCCCCCCCCCCCCOC(=O)C(Cc1ccccc1)NC(=O)C(F)(F)C(F)(F)F. The molecule has 1 N–H and O–H groups in total. The van der Waals surface area contributed by atoms with E-state index in [9.17, 15) is 31.5 Å². The van der Waals surface area contributed by atoms with Crippen LogP contribution in [0.3, 0.4) is 0 Å². The number of hydrogen-bond donors (Lipinski definition) is 1. The van der Waals surface area contributed by atoms with Crippen molar-refractivity contribution in [3.63, 3.8) is 0 Å². The van der Waals surface area contributed by atoms with Gasteiger partial charge in [-0.1, -0.05) is 108 Å². The monoisotopic (exact) mass is 507 g/mol. The highest BCUT2D eigenvalue weighted by Gasteiger charge is 2.63. The molecule has 0 aliphatic heterocycles. The Balaban J connectivity index is 2.39. The van der Waals surface area contributed by atoms with Crippen LogP contribution in [0.15, 0.2) is 30.3 Å². The van der Waals surface area contributed by atoms with Crippen molar-refractivity contribution in [1.29, 1.82) is 0 Å². The van der Waals surface area contributed by atoms with E-state index in [2.05, 4.69) is 6.92 Å². The van der Waals surface area contributed by atoms with Gasteiger partial charge >= 0.3 is 24.0 Å². The van der Waals surface area contributed by atoms with E-state index in [1.807, 2.05) is 0 Å². The predicted octanol–water partition coefficient (Wildman–Crippen LogP) is 7.16. The first-order valence-electron chi connectivity index (χ1n) is 12.6. The molecular formula is C26H38F5NO3. The molecule has 200 valence electrons. The molecule has 1 aromatic carbocycles. The molecule has 0 spiro atoms. The first kappa shape index (κ1) is 30.8. The Kier molecular flexibility index (Phi) is 14.5. The Morgan fingerprint density at radius 3 is 1.77 bits per heavy atom. The Morgan fingerprint density at radius 1 is 0.800 bits per heavy atom. The average Bonchev–Trinajstić information content (AvgIpc) is 2.81. The van der Waals surface area contributed by atoms with Crippen molar-refractivity contribution in [2.24, 2.45) is 0 Å². The number of carbonyl (C=O) groups excluding carboxylic acids is 2. The van der Waals surface area contributed by atoms with Crippen molar-refractivity contribution in [3.05, 3.63) is 35.9 Å². The number of halogens is 5. The van der Waals surface area contributed by atoms with Crippen LogP contribution >= 0.6 is 0 Å². The third kappa shape index (κ3) is 12.4. The fraction of sp³-hybridized carbons (Fsp3) is 0.692. The van der Waals surface area contributed by atoms with E-state index < -0.39 is 30.0 Å². The molecular weight excluding hydrogens is 469 g/mol. The van der Waals surface area contributed by atoms with Crippen LogP contribution < -0.4 is 5.32 Å². The molecule has 4 nitrogen and oxygen atoms in total. The quantitative estimate of drug-likeness (QED) is 0.130. The maximum absolute atomic E-state index is 13.4. The van der Waals surface area contributed by atoms with Crippen molar-refractivity contribution in [2.45, 2.75) is 109 Å². The van der Waals surface area contributed by atoms with Crippen molar-refractivity contribution >= 4 is 11.9 Å². The number of rotatable bonds is 18. The maximum Gasteiger partial charge on any atom is 0.463 e. The molecule has 1 atom stereocenters. The molecule has 0 aromatic heterocycles. The number of alkyl halides is 5. The third-order valence-corrected chi connectivity index (χ3v) is 5.76. The number of ether oxygens (including phenoxy) is 1. The van der Waals surface area contributed by atoms with Gasteiger partial charge in [0, 0.05) is 6.42 Å². The highest BCUT2D eigenvalue weighted by Crippen LogP contribution is 2.35. The minimum Gasteiger partial charge on any atom is -0.464 e. The summed E-state index contributed by atoms with van der Waals surface area (Å²) in [5.41, 5.74) is 0.482. The summed E-state index contributed by atoms with van der Waals surface area (Å²) in [4.78, 5) is 24.0. The standard InChI is InChI=1S/C26H38F5NO3/c1-2-3-4-5-6-7-8-9-10-11-12-16-19-35-23(33)22(20-21-17-14-13-15-18-21)32-24(34)25(27,28)26(29,30)31/h13-15,17-18,22H,2-12,16,19-20H2,1H3,(H,32,34). The minimum atomic E-state index is -6.06. The Bertz CT molecular complexity index is 725. The zero-order valence-corrected chi connectivity index (χ0v) is 20.5. The topological polar surface area (TPSA) is 55.4 Å². The van der Waals surface area contributed by atoms with E-state index in [4.69, 9.17) is 4.74 Å². The molecule has 1 rings (SSSR count). The summed E-state index contributed by atoms with van der Waals surface area (Å²) in [5.74, 6) is -9.23. The molecule has 0 heterocycles. The summed E-state index contributed by atoms with van der Waals surface area (Å²) in [6.07, 6.45) is 7.05. The van der Waals surface area contributed by atoms with Gasteiger partial charge in [0.1, 0.15) is 6.04 Å². The highest BCUT2D eigenvalue weighted by molar-refractivity contribution is 5.89. The van der Waals surface area contributed by atoms with Gasteiger partial charge in [-0.3, -0.25) is 4.79 Å². The fourth-order valence-electron chi connectivity index (χ4n) is 3.64. The van der Waals surface area contributed by atoms with Gasteiger partial charge < -0.3 is 10.1 Å². The summed E-state index contributed by atoms with van der Waals surface area (Å²) in [6.45, 7) is 2.20. The van der Waals surface area contributed by atoms with Crippen molar-refractivity contribution in [2.75, 3.05) is 6.61 Å². The maximum atomic E-state index is 13.4. The first-order valence-corrected chi connectivity index (χ1v) is 12.6. The van der Waals surface area contributed by atoms with E-state index in [0.29, 0.717) is 12.0 Å². The van der Waals surface area contributed by atoms with Crippen molar-refractivity contribution in [1.82, 2.24) is 5.32 Å². The number of benzene rings is 1. The van der Waals surface area contributed by atoms with Gasteiger partial charge in [0.05, 0.1) is 6.61 Å². The molecule has 0 radical (unpaired) electrons. The summed E-state index contributed by atoms with van der Waals surface area (Å²) in [5, 5.41) is 1.53. The predicted molar refractivity (Wildman–Crippen MR) is 125 cm³/mol. The van der Waals surface area contributed by atoms with Crippen LogP contribution in [0.5, 0.6) is 0 Å². The number of hydrogen-bond acceptors (Lipinski definition) is 3. The second kappa shape index (κ2) is 16.5. The number of esters is 1. The van der Waals surface area contributed by atoms with Crippen LogP contribution in [0.1, 0.15) is 89.5 Å². The molecule has 0 fully saturated rings. The molecule has 0 aliphatic rings. The summed E-state index contributed by atoms with van der Waals surface area (Å²) in [6, 6.07) is 6.41. The number of amides is 1. The van der Waals surface area contributed by atoms with E-state index in [1.54, 1.807) is 30.3 Å². The number of unbranched alkanes of at least 4 members (excludes halogenated alkanes) is 11. The lowest BCUT2D eigenvalue weighted by Crippen LogP contribution is -2.55. The van der Waals surface area contributed by atoms with Crippen LogP contribution in [-0.2, 0) is 20.7 Å². The second-order valence-electron chi connectivity index (χ2n) is 8.84. The molecule has 35 heavy (non-hydrogen) atoms. The molecule has 0 saturated carbocycles. The van der Waals surface area contributed by atoms with Gasteiger partial charge in [0.2, 0.25) is 0 Å². The van der Waals surface area contributed by atoms with Gasteiger partial charge in [-0.05, 0) is 12.0 Å². The van der Waals surface area contributed by atoms with E-state index >= 15 is 0 Å². The minimum absolute atomic E-state index is 0.00703. The first-order chi connectivity index (χ1) is 16.6. The number of nitrogens with one attached hydrogen (secondary N) is 1. The average molecular weight is 508 g/mol. The fourth-order valence-corrected chi connectivity index (χ4v) is 3.64. The zero-order chi connectivity index (χ0) is 26.2. The van der Waals surface area contributed by atoms with Gasteiger partial charge in [-0.2, -0.15) is 22.0 Å². The normalized spacial score (nSPS) is 12.9. The summed E-state index contributed by atoms with van der Waals surface area (Å²) >= 11 is 0. The molecule has 1 amide bonds.